The SMILES string of the molecule is CCC(C#N)(CC#N)C(=O)O. The summed E-state index contributed by atoms with van der Waals surface area (Å²) in [7, 11) is 0. The second kappa shape index (κ2) is 3.58. The lowest BCUT2D eigenvalue weighted by Gasteiger charge is -2.14. The molecule has 0 aromatic heterocycles. The number of nitrogens with zero attached hydrogens (tertiary/aromatic N) is 2. The summed E-state index contributed by atoms with van der Waals surface area (Å²) in [4.78, 5) is 10.5. The van der Waals surface area contributed by atoms with E-state index in [0.717, 1.165) is 0 Å². The first-order chi connectivity index (χ1) is 5.13. The monoisotopic (exact) mass is 152 g/mol. The Hall–Kier alpha value is -1.55. The number of rotatable bonds is 3. The molecule has 0 amide bonds. The zero-order valence-electron chi connectivity index (χ0n) is 6.16. The average Bonchev–Trinajstić information content (AvgIpc) is 2.00. The van der Waals surface area contributed by atoms with Crippen LogP contribution in [0.1, 0.15) is 19.8 Å². The highest BCUT2D eigenvalue weighted by atomic mass is 16.4. The summed E-state index contributed by atoms with van der Waals surface area (Å²) < 4.78 is 0. The van der Waals surface area contributed by atoms with Crippen molar-refractivity contribution in [3.63, 3.8) is 0 Å². The highest BCUT2D eigenvalue weighted by Gasteiger charge is 2.36. The van der Waals surface area contributed by atoms with Gasteiger partial charge in [0.15, 0.2) is 5.41 Å². The molecule has 1 unspecified atom stereocenters. The third kappa shape index (κ3) is 1.68. The van der Waals surface area contributed by atoms with Crippen molar-refractivity contribution in [2.75, 3.05) is 0 Å². The lowest BCUT2D eigenvalue weighted by atomic mass is 9.84. The molecule has 58 valence electrons. The van der Waals surface area contributed by atoms with Gasteiger partial charge in [0.2, 0.25) is 0 Å². The predicted molar refractivity (Wildman–Crippen MR) is 36.2 cm³/mol. The highest BCUT2D eigenvalue weighted by Crippen LogP contribution is 2.24. The maximum atomic E-state index is 10.5. The number of hydrogen-bond acceptors (Lipinski definition) is 3. The summed E-state index contributed by atoms with van der Waals surface area (Å²) in [5.41, 5.74) is -1.51. The van der Waals surface area contributed by atoms with Crippen LogP contribution >= 0.6 is 0 Å². The van der Waals surface area contributed by atoms with Crippen molar-refractivity contribution >= 4 is 5.97 Å². The lowest BCUT2D eigenvalue weighted by Crippen LogP contribution is -2.27. The number of carboxylic acid groups (broad SMARTS) is 1. The van der Waals surface area contributed by atoms with Gasteiger partial charge in [0.05, 0.1) is 18.6 Å². The van der Waals surface area contributed by atoms with E-state index in [9.17, 15) is 4.79 Å². The second-order valence-electron chi connectivity index (χ2n) is 2.19. The van der Waals surface area contributed by atoms with Crippen LogP contribution in [0.2, 0.25) is 0 Å². The molecule has 4 nitrogen and oxygen atoms in total. The molecule has 11 heavy (non-hydrogen) atoms. The van der Waals surface area contributed by atoms with Gasteiger partial charge >= 0.3 is 5.97 Å². The van der Waals surface area contributed by atoms with Gasteiger partial charge in [-0.15, -0.1) is 0 Å². The van der Waals surface area contributed by atoms with Crippen molar-refractivity contribution < 1.29 is 9.90 Å². The van der Waals surface area contributed by atoms with Crippen LogP contribution in [0, 0.1) is 28.1 Å². The predicted octanol–water partition coefficient (Wildman–Crippen LogP) is 0.905. The van der Waals surface area contributed by atoms with Gasteiger partial charge in [-0.1, -0.05) is 6.92 Å². The first kappa shape index (κ1) is 9.45. The Kier molecular flexibility index (Phi) is 3.07. The Morgan fingerprint density at radius 1 is 1.64 bits per heavy atom. The van der Waals surface area contributed by atoms with Crippen molar-refractivity contribution in [3.8, 4) is 12.1 Å². The van der Waals surface area contributed by atoms with Crippen LogP contribution in [0.3, 0.4) is 0 Å². The third-order valence-electron chi connectivity index (χ3n) is 1.61. The first-order valence-electron chi connectivity index (χ1n) is 3.14. The van der Waals surface area contributed by atoms with Gasteiger partial charge in [0, 0.05) is 0 Å². The molecule has 1 N–H and O–H groups in total. The van der Waals surface area contributed by atoms with Crippen molar-refractivity contribution in [1.82, 2.24) is 0 Å². The van der Waals surface area contributed by atoms with Crippen LogP contribution in [0.25, 0.3) is 0 Å². The van der Waals surface area contributed by atoms with Gasteiger partial charge in [-0.2, -0.15) is 10.5 Å². The lowest BCUT2D eigenvalue weighted by molar-refractivity contribution is -0.145. The van der Waals surface area contributed by atoms with Crippen LogP contribution in [-0.2, 0) is 4.79 Å². The summed E-state index contributed by atoms with van der Waals surface area (Å²) in [6.07, 6.45) is -0.0955. The number of nitriles is 2. The molecule has 0 rings (SSSR count). The van der Waals surface area contributed by atoms with Crippen LogP contribution in [-0.4, -0.2) is 11.1 Å². The molecule has 0 bridgehead atoms. The molecule has 0 aromatic rings. The van der Waals surface area contributed by atoms with E-state index in [0.29, 0.717) is 0 Å². The van der Waals surface area contributed by atoms with Gasteiger partial charge in [-0.3, -0.25) is 4.79 Å². The Labute approximate surface area is 64.7 Å². The van der Waals surface area contributed by atoms with Crippen LogP contribution in [0.5, 0.6) is 0 Å². The van der Waals surface area contributed by atoms with E-state index in [4.69, 9.17) is 15.6 Å². The number of carbonyl (C=O) groups is 1. The zero-order chi connectivity index (χ0) is 8.91. The number of aliphatic carboxylic acids is 1. The van der Waals surface area contributed by atoms with E-state index in [1.54, 1.807) is 19.1 Å². The Morgan fingerprint density at radius 2 is 2.18 bits per heavy atom. The number of hydrogen-bond donors (Lipinski definition) is 1. The highest BCUT2D eigenvalue weighted by molar-refractivity contribution is 5.78. The van der Waals surface area contributed by atoms with Crippen LogP contribution < -0.4 is 0 Å². The first-order valence-corrected chi connectivity index (χ1v) is 3.14. The van der Waals surface area contributed by atoms with Crippen LogP contribution in [0.4, 0.5) is 0 Å². The summed E-state index contributed by atoms with van der Waals surface area (Å²) in [6, 6.07) is 3.33. The summed E-state index contributed by atoms with van der Waals surface area (Å²) >= 11 is 0. The summed E-state index contributed by atoms with van der Waals surface area (Å²) in [5, 5.41) is 25.3. The zero-order valence-corrected chi connectivity index (χ0v) is 6.16. The minimum absolute atomic E-state index is 0.159. The standard InChI is InChI=1S/C7H8N2O2/c1-2-7(5-9,3-4-8)6(10)11/h2-3H2,1H3,(H,10,11). The second-order valence-corrected chi connectivity index (χ2v) is 2.19. The average molecular weight is 152 g/mol. The van der Waals surface area contributed by atoms with Crippen molar-refractivity contribution in [1.29, 1.82) is 10.5 Å². The molecule has 1 atom stereocenters. The molecule has 0 aromatic carbocycles. The van der Waals surface area contributed by atoms with E-state index >= 15 is 0 Å². The fourth-order valence-corrected chi connectivity index (χ4v) is 0.653. The molecule has 0 aliphatic rings. The molecule has 0 heterocycles. The Balaban J connectivity index is 4.68. The summed E-state index contributed by atoms with van der Waals surface area (Å²) in [6.45, 7) is 1.58. The van der Waals surface area contributed by atoms with E-state index in [-0.39, 0.29) is 12.8 Å². The summed E-state index contributed by atoms with van der Waals surface area (Å²) in [5.74, 6) is -1.22. The molecule has 0 aliphatic carbocycles. The molecule has 0 radical (unpaired) electrons. The third-order valence-corrected chi connectivity index (χ3v) is 1.61. The van der Waals surface area contributed by atoms with Crippen molar-refractivity contribution in [2.24, 2.45) is 5.41 Å². The molecule has 0 saturated carbocycles. The fraction of sp³-hybridized carbons (Fsp3) is 0.571. The molecule has 0 saturated heterocycles. The quantitative estimate of drug-likeness (QED) is 0.651. The van der Waals surface area contributed by atoms with Gasteiger partial charge in [0.1, 0.15) is 0 Å². The molecule has 0 aliphatic heterocycles. The van der Waals surface area contributed by atoms with E-state index < -0.39 is 11.4 Å². The van der Waals surface area contributed by atoms with E-state index in [1.807, 2.05) is 0 Å². The van der Waals surface area contributed by atoms with Crippen molar-refractivity contribution in [2.45, 2.75) is 19.8 Å². The van der Waals surface area contributed by atoms with Gasteiger partial charge < -0.3 is 5.11 Å². The largest absolute Gasteiger partial charge is 0.480 e. The van der Waals surface area contributed by atoms with E-state index in [2.05, 4.69) is 0 Å². The smallest absolute Gasteiger partial charge is 0.325 e. The van der Waals surface area contributed by atoms with Gasteiger partial charge in [0.25, 0.3) is 0 Å². The Morgan fingerprint density at radius 3 is 2.27 bits per heavy atom. The maximum Gasteiger partial charge on any atom is 0.325 e. The molecular formula is C7H8N2O2. The normalized spacial score (nSPS) is 14.1. The topological polar surface area (TPSA) is 84.9 Å². The van der Waals surface area contributed by atoms with Gasteiger partial charge in [-0.25, -0.2) is 0 Å². The minimum atomic E-state index is -1.51. The van der Waals surface area contributed by atoms with Crippen LogP contribution in [0.15, 0.2) is 0 Å². The minimum Gasteiger partial charge on any atom is -0.480 e. The van der Waals surface area contributed by atoms with E-state index in [1.165, 1.54) is 0 Å². The van der Waals surface area contributed by atoms with Gasteiger partial charge in [-0.05, 0) is 6.42 Å². The maximum absolute atomic E-state index is 10.5. The molecular weight excluding hydrogens is 144 g/mol. The molecule has 0 spiro atoms. The molecule has 4 heteroatoms. The molecule has 0 fully saturated rings. The van der Waals surface area contributed by atoms with Crippen molar-refractivity contribution in [3.05, 3.63) is 0 Å². The number of carboxylic acids is 1. The Bertz CT molecular complexity index is 236. The fourth-order valence-electron chi connectivity index (χ4n) is 0.653.